The van der Waals surface area contributed by atoms with E-state index >= 15 is 0 Å². The van der Waals surface area contributed by atoms with Gasteiger partial charge >= 0.3 is 0 Å². The average Bonchev–Trinajstić information content (AvgIpc) is 3.25. The fraction of sp³-hybridized carbons (Fsp3) is 0.267. The van der Waals surface area contributed by atoms with Gasteiger partial charge in [-0.2, -0.15) is 10.8 Å². The van der Waals surface area contributed by atoms with Crippen LogP contribution >= 0.6 is 0 Å². The number of likely N-dealkylation sites (tertiary alicyclic amines) is 1. The molecule has 0 spiro atoms. The van der Waals surface area contributed by atoms with E-state index in [1.165, 1.54) is 0 Å². The predicted octanol–water partition coefficient (Wildman–Crippen LogP) is 3.92. The van der Waals surface area contributed by atoms with Crippen LogP contribution in [0.25, 0.3) is 22.2 Å². The Morgan fingerprint density at radius 1 is 1.05 bits per heavy atom. The number of hydrogen-bond donors (Lipinski definition) is 1. The van der Waals surface area contributed by atoms with Crippen molar-refractivity contribution < 1.29 is 9.39 Å². The van der Waals surface area contributed by atoms with Crippen molar-refractivity contribution in [3.8, 4) is 11.3 Å². The highest BCUT2D eigenvalue weighted by molar-refractivity contribution is 6.02. The van der Waals surface area contributed by atoms with Gasteiger partial charge in [0.05, 0.1) is 35.7 Å². The summed E-state index contributed by atoms with van der Waals surface area (Å²) < 4.78 is -0.0114. The van der Waals surface area contributed by atoms with Gasteiger partial charge in [0.15, 0.2) is 0 Å². The fourth-order valence-electron chi connectivity index (χ4n) is 5.50. The van der Waals surface area contributed by atoms with Gasteiger partial charge in [-0.3, -0.25) is 9.79 Å². The van der Waals surface area contributed by atoms with Crippen molar-refractivity contribution in [2.24, 2.45) is 21.7 Å². The molecule has 3 aliphatic rings. The Morgan fingerprint density at radius 2 is 1.82 bits per heavy atom. The van der Waals surface area contributed by atoms with E-state index in [9.17, 15) is 4.79 Å². The van der Waals surface area contributed by atoms with Crippen LogP contribution in [0, 0.1) is 5.92 Å². The molecule has 0 aliphatic carbocycles. The standard InChI is InChI=1S/C30H32N7O/c1-35(2)20-28(38)36-15-12-23(13-16-36)29-27-19-32-14-17-37(27,31)30(34-29)24-9-8-22-10-11-25(33-26(22)18-24)21-6-4-3-5-7-21/h3-11,14,17-19,23H,12-13,15-16,20,31H2,1-2H3/q+1. The van der Waals surface area contributed by atoms with Gasteiger partial charge in [0, 0.05) is 30.0 Å². The SMILES string of the molecule is CN(C)CC(=O)N1CCC(C2=C3C=NC=C[N+]3(N)C(c3ccc4ccc(-c5ccccc5)nc4c3)=N2)CC1. The number of rotatable bonds is 5. The normalized spacial score (nSPS) is 21.4. The lowest BCUT2D eigenvalue weighted by Crippen LogP contribution is -2.53. The number of nitrogens with zero attached hydrogens (tertiary/aromatic N) is 6. The lowest BCUT2D eigenvalue weighted by atomic mass is 9.92. The molecular formula is C30H32N7O+. The first-order valence-electron chi connectivity index (χ1n) is 13.0. The summed E-state index contributed by atoms with van der Waals surface area (Å²) in [5.74, 6) is 8.16. The lowest BCUT2D eigenvalue weighted by molar-refractivity contribution is -0.750. The van der Waals surface area contributed by atoms with Crippen LogP contribution in [0.1, 0.15) is 18.4 Å². The molecule has 6 rings (SSSR count). The number of benzene rings is 2. The lowest BCUT2D eigenvalue weighted by Gasteiger charge is -2.32. The minimum atomic E-state index is -0.0114. The van der Waals surface area contributed by atoms with Gasteiger partial charge in [0.1, 0.15) is 11.9 Å². The number of quaternary nitrogens is 1. The molecule has 8 nitrogen and oxygen atoms in total. The van der Waals surface area contributed by atoms with E-state index in [0.29, 0.717) is 6.54 Å². The molecule has 192 valence electrons. The molecule has 1 atom stereocenters. The van der Waals surface area contributed by atoms with Crippen molar-refractivity contribution in [2.45, 2.75) is 12.8 Å². The first-order valence-corrected chi connectivity index (χ1v) is 13.0. The smallest absolute Gasteiger partial charge is 0.264 e. The third-order valence-electron chi connectivity index (χ3n) is 7.53. The maximum absolute atomic E-state index is 12.6. The maximum Gasteiger partial charge on any atom is 0.264 e. The number of carbonyl (C=O) groups excluding carboxylic acids is 1. The minimum absolute atomic E-state index is 0.0114. The number of amidine groups is 1. The van der Waals surface area contributed by atoms with Crippen LogP contribution < -0.4 is 5.84 Å². The molecule has 0 saturated carbocycles. The second-order valence-electron chi connectivity index (χ2n) is 10.4. The van der Waals surface area contributed by atoms with Gasteiger partial charge in [-0.15, -0.1) is 4.59 Å². The number of amides is 1. The van der Waals surface area contributed by atoms with Crippen molar-refractivity contribution >= 4 is 28.9 Å². The number of aliphatic imine (C=N–C) groups is 2. The molecule has 1 saturated heterocycles. The molecule has 38 heavy (non-hydrogen) atoms. The van der Waals surface area contributed by atoms with Gasteiger partial charge < -0.3 is 9.80 Å². The molecule has 4 heterocycles. The van der Waals surface area contributed by atoms with E-state index in [1.807, 2.05) is 54.5 Å². The van der Waals surface area contributed by atoms with Crippen molar-refractivity contribution in [3.05, 3.63) is 90.0 Å². The number of fused-ring (bicyclic) bond motifs is 2. The van der Waals surface area contributed by atoms with Crippen molar-refractivity contribution in [3.63, 3.8) is 0 Å². The number of piperidine rings is 1. The number of nitrogens with two attached hydrogens (primary N) is 1. The number of carbonyl (C=O) groups is 1. The molecule has 1 fully saturated rings. The summed E-state index contributed by atoms with van der Waals surface area (Å²) in [6, 6.07) is 20.6. The van der Waals surface area contributed by atoms with Gasteiger partial charge in [-0.05, 0) is 45.1 Å². The Kier molecular flexibility index (Phi) is 6.23. The van der Waals surface area contributed by atoms with Crippen molar-refractivity contribution in [1.82, 2.24) is 14.8 Å². The van der Waals surface area contributed by atoms with E-state index in [-0.39, 0.29) is 16.4 Å². The number of pyridine rings is 1. The Balaban J connectivity index is 1.32. The number of likely N-dealkylation sites (N-methyl/N-ethyl adjacent to an activating group) is 1. The monoisotopic (exact) mass is 506 g/mol. The van der Waals surface area contributed by atoms with E-state index in [4.69, 9.17) is 15.8 Å². The van der Waals surface area contributed by atoms with Crippen LogP contribution in [-0.2, 0) is 4.79 Å². The summed E-state index contributed by atoms with van der Waals surface area (Å²) >= 11 is 0. The second-order valence-corrected chi connectivity index (χ2v) is 10.4. The summed E-state index contributed by atoms with van der Waals surface area (Å²) in [5.41, 5.74) is 5.71. The predicted molar refractivity (Wildman–Crippen MR) is 151 cm³/mol. The number of allylic oxidation sites excluding steroid dienone is 2. The highest BCUT2D eigenvalue weighted by Crippen LogP contribution is 2.38. The van der Waals surface area contributed by atoms with Crippen LogP contribution in [0.15, 0.2) is 94.4 Å². The van der Waals surface area contributed by atoms with Crippen molar-refractivity contribution in [2.75, 3.05) is 33.7 Å². The quantitative estimate of drug-likeness (QED) is 0.420. The zero-order valence-corrected chi connectivity index (χ0v) is 21.8. The Bertz CT molecular complexity index is 1510. The molecule has 0 bridgehead atoms. The first-order chi connectivity index (χ1) is 18.4. The Labute approximate surface area is 222 Å². The van der Waals surface area contributed by atoms with Crippen LogP contribution in [0.4, 0.5) is 0 Å². The molecule has 1 unspecified atom stereocenters. The summed E-state index contributed by atoms with van der Waals surface area (Å²) in [4.78, 5) is 31.0. The van der Waals surface area contributed by atoms with Gasteiger partial charge in [-0.1, -0.05) is 42.5 Å². The zero-order chi connectivity index (χ0) is 26.3. The van der Waals surface area contributed by atoms with Gasteiger partial charge in [0.2, 0.25) is 11.6 Å². The maximum atomic E-state index is 12.6. The van der Waals surface area contributed by atoms with Crippen LogP contribution in [0.5, 0.6) is 0 Å². The van der Waals surface area contributed by atoms with Gasteiger partial charge in [0.25, 0.3) is 5.84 Å². The van der Waals surface area contributed by atoms with Crippen LogP contribution in [0.2, 0.25) is 0 Å². The first kappa shape index (κ1) is 24.4. The third kappa shape index (κ3) is 4.36. The number of hydrogen-bond acceptors (Lipinski definition) is 6. The minimum Gasteiger partial charge on any atom is -0.342 e. The third-order valence-corrected chi connectivity index (χ3v) is 7.53. The molecule has 1 aromatic heterocycles. The highest BCUT2D eigenvalue weighted by Gasteiger charge is 2.46. The second kappa shape index (κ2) is 9.72. The van der Waals surface area contributed by atoms with Crippen LogP contribution in [-0.4, -0.2) is 71.1 Å². The van der Waals surface area contributed by atoms with E-state index in [1.54, 1.807) is 6.20 Å². The fourth-order valence-corrected chi connectivity index (χ4v) is 5.50. The summed E-state index contributed by atoms with van der Waals surface area (Å²) in [6.45, 7) is 1.88. The molecule has 3 aromatic rings. The van der Waals surface area contributed by atoms with E-state index in [0.717, 1.165) is 70.9 Å². The zero-order valence-electron chi connectivity index (χ0n) is 21.8. The highest BCUT2D eigenvalue weighted by atomic mass is 16.2. The summed E-state index contributed by atoms with van der Waals surface area (Å²) in [5, 5.41) is 1.06. The van der Waals surface area contributed by atoms with Crippen LogP contribution in [0.3, 0.4) is 0 Å². The van der Waals surface area contributed by atoms with E-state index < -0.39 is 0 Å². The van der Waals surface area contributed by atoms with E-state index in [2.05, 4.69) is 47.5 Å². The Hall–Kier alpha value is -3.98. The summed E-state index contributed by atoms with van der Waals surface area (Å²) in [7, 11) is 3.84. The molecule has 1 amide bonds. The largest absolute Gasteiger partial charge is 0.342 e. The number of aromatic nitrogens is 1. The molecule has 2 N–H and O–H groups in total. The molecule has 8 heteroatoms. The molecule has 2 aromatic carbocycles. The Morgan fingerprint density at radius 3 is 2.58 bits per heavy atom. The average molecular weight is 507 g/mol. The molecule has 3 aliphatic heterocycles. The molecule has 0 radical (unpaired) electrons. The van der Waals surface area contributed by atoms with Crippen molar-refractivity contribution in [1.29, 1.82) is 0 Å². The topological polar surface area (TPSA) is 87.2 Å². The molecular weight excluding hydrogens is 474 g/mol. The summed E-state index contributed by atoms with van der Waals surface area (Å²) in [6.07, 6.45) is 7.16. The van der Waals surface area contributed by atoms with Gasteiger partial charge in [-0.25, -0.2) is 4.98 Å².